The first-order valence-corrected chi connectivity index (χ1v) is 2.31. The van der Waals surface area contributed by atoms with Gasteiger partial charge in [-0.3, -0.25) is 0 Å². The second kappa shape index (κ2) is 9.41. The molecule has 6 nitrogen and oxygen atoms in total. The van der Waals surface area contributed by atoms with Gasteiger partial charge in [0.15, 0.2) is 0 Å². The number of hydroxylamine groups is 1. The molecule has 7 heteroatoms. The number of nitrogens with one attached hydrogen (secondary N) is 1. The smallest absolute Gasteiger partial charge is 1.00 e. The van der Waals surface area contributed by atoms with Crippen LogP contribution < -0.4 is 17.1 Å². The minimum atomic E-state index is -0.983. The van der Waals surface area contributed by atoms with Crippen molar-refractivity contribution in [2.24, 2.45) is 11.6 Å². The number of carbonyl (C=O) groups is 1. The van der Waals surface area contributed by atoms with E-state index in [0.717, 1.165) is 0 Å². The summed E-state index contributed by atoms with van der Waals surface area (Å²) in [6.45, 7) is 0.743. The maximum absolute atomic E-state index is 10.0. The molecule has 0 saturated heterocycles. The SMILES string of the molecule is NCCNOC(=O)ON.[Ca+2].[H-].[H-]. The standard InChI is InChI=1S/C3H9N3O3.Ca.2H/c4-1-2-6-9-3(7)8-5;;;/h6H,1-2,4-5H2;;;/q;+2;2*-1. The van der Waals surface area contributed by atoms with Crippen LogP contribution in [0.25, 0.3) is 0 Å². The van der Waals surface area contributed by atoms with Crippen LogP contribution in [0.5, 0.6) is 0 Å². The summed E-state index contributed by atoms with van der Waals surface area (Å²) >= 11 is 0. The monoisotopic (exact) mass is 177 g/mol. The van der Waals surface area contributed by atoms with Crippen molar-refractivity contribution in [3.05, 3.63) is 0 Å². The van der Waals surface area contributed by atoms with E-state index < -0.39 is 6.16 Å². The summed E-state index contributed by atoms with van der Waals surface area (Å²) in [5, 5.41) is 0. The molecule has 0 rings (SSSR count). The number of carbonyl (C=O) groups excluding carboxylic acids is 1. The van der Waals surface area contributed by atoms with Crippen molar-refractivity contribution >= 4 is 43.9 Å². The third kappa shape index (κ3) is 8.41. The molecule has 0 radical (unpaired) electrons. The summed E-state index contributed by atoms with van der Waals surface area (Å²) in [7, 11) is 0. The molecule has 58 valence electrons. The van der Waals surface area contributed by atoms with E-state index in [0.29, 0.717) is 13.1 Å². The van der Waals surface area contributed by atoms with Gasteiger partial charge in [0.2, 0.25) is 0 Å². The Balaban J connectivity index is -0.000000107. The summed E-state index contributed by atoms with van der Waals surface area (Å²) in [4.78, 5) is 17.8. The van der Waals surface area contributed by atoms with E-state index in [1.165, 1.54) is 0 Å². The molecule has 0 amide bonds. The van der Waals surface area contributed by atoms with Crippen molar-refractivity contribution in [2.75, 3.05) is 13.1 Å². The van der Waals surface area contributed by atoms with Gasteiger partial charge < -0.3 is 18.3 Å². The van der Waals surface area contributed by atoms with Gasteiger partial charge in [-0.25, -0.2) is 0 Å². The van der Waals surface area contributed by atoms with E-state index in [4.69, 9.17) is 5.73 Å². The Labute approximate surface area is 91.1 Å². The van der Waals surface area contributed by atoms with Gasteiger partial charge in [0.05, 0.1) is 0 Å². The molecule has 10 heavy (non-hydrogen) atoms. The number of nitrogens with two attached hydrogens (primary N) is 2. The van der Waals surface area contributed by atoms with Crippen LogP contribution in [0.1, 0.15) is 2.85 Å². The molecule has 0 aliphatic heterocycles. The summed E-state index contributed by atoms with van der Waals surface area (Å²) in [5.74, 6) is 4.41. The Kier molecular flexibility index (Phi) is 12.3. The fourth-order valence-electron chi connectivity index (χ4n) is 0.193. The Morgan fingerprint density at radius 1 is 1.70 bits per heavy atom. The molecule has 0 aromatic rings. The average Bonchev–Trinajstić information content (AvgIpc) is 1.89. The van der Waals surface area contributed by atoms with Gasteiger partial charge in [-0.1, -0.05) is 0 Å². The number of hydrogen-bond donors (Lipinski definition) is 3. The molecule has 0 saturated carbocycles. The van der Waals surface area contributed by atoms with Crippen LogP contribution in [0.2, 0.25) is 0 Å². The first-order valence-electron chi connectivity index (χ1n) is 2.31. The average molecular weight is 177 g/mol. The third-order valence-corrected chi connectivity index (χ3v) is 0.498. The van der Waals surface area contributed by atoms with E-state index in [9.17, 15) is 4.79 Å². The second-order valence-electron chi connectivity index (χ2n) is 1.15. The van der Waals surface area contributed by atoms with Crippen LogP contribution in [-0.2, 0) is 9.68 Å². The van der Waals surface area contributed by atoms with Crippen LogP contribution in [0.4, 0.5) is 4.79 Å². The van der Waals surface area contributed by atoms with Crippen molar-refractivity contribution in [3.63, 3.8) is 0 Å². The van der Waals surface area contributed by atoms with Crippen molar-refractivity contribution in [1.82, 2.24) is 5.48 Å². The molecule has 0 unspecified atom stereocenters. The molecule has 0 fully saturated rings. The molecule has 0 aromatic heterocycles. The first kappa shape index (κ1) is 13.0. The molecular formula is C3H11CaN3O3. The molecule has 0 spiro atoms. The Bertz CT molecular complexity index is 98.9. The van der Waals surface area contributed by atoms with Gasteiger partial charge in [-0.2, -0.15) is 10.7 Å². The van der Waals surface area contributed by atoms with Crippen LogP contribution in [0, 0.1) is 0 Å². The van der Waals surface area contributed by atoms with Gasteiger partial charge in [0.1, 0.15) is 0 Å². The van der Waals surface area contributed by atoms with Gasteiger partial charge in [0, 0.05) is 13.1 Å². The van der Waals surface area contributed by atoms with Crippen LogP contribution in [0.3, 0.4) is 0 Å². The number of hydrogen-bond acceptors (Lipinski definition) is 6. The maximum Gasteiger partial charge on any atom is 2.00 e. The van der Waals surface area contributed by atoms with Gasteiger partial charge in [-0.15, -0.1) is 5.48 Å². The van der Waals surface area contributed by atoms with Crippen molar-refractivity contribution in [3.8, 4) is 0 Å². The predicted octanol–water partition coefficient (Wildman–Crippen LogP) is -1.68. The maximum atomic E-state index is 10.0. The normalized spacial score (nSPS) is 7.80. The fourth-order valence-corrected chi connectivity index (χ4v) is 0.193. The molecule has 0 bridgehead atoms. The Hall–Kier alpha value is 0.410. The van der Waals surface area contributed by atoms with Crippen LogP contribution >= 0.6 is 0 Å². The van der Waals surface area contributed by atoms with Crippen molar-refractivity contribution in [2.45, 2.75) is 0 Å². The molecule has 0 atom stereocenters. The van der Waals surface area contributed by atoms with Crippen molar-refractivity contribution < 1.29 is 17.3 Å². The van der Waals surface area contributed by atoms with E-state index in [2.05, 4.69) is 21.1 Å². The summed E-state index contributed by atoms with van der Waals surface area (Å²) < 4.78 is 0. The zero-order valence-corrected chi connectivity index (χ0v) is 7.71. The van der Waals surface area contributed by atoms with Crippen molar-refractivity contribution in [1.29, 1.82) is 0 Å². The summed E-state index contributed by atoms with van der Waals surface area (Å²) in [5.41, 5.74) is 7.24. The largest absolute Gasteiger partial charge is 2.00 e. The van der Waals surface area contributed by atoms with Gasteiger partial charge in [0.25, 0.3) is 0 Å². The Morgan fingerprint density at radius 2 is 2.30 bits per heavy atom. The zero-order chi connectivity index (χ0) is 7.11. The van der Waals surface area contributed by atoms with E-state index >= 15 is 0 Å². The summed E-state index contributed by atoms with van der Waals surface area (Å²) in [6, 6.07) is 0. The Morgan fingerprint density at radius 3 is 2.70 bits per heavy atom. The predicted molar refractivity (Wildman–Crippen MR) is 36.8 cm³/mol. The minimum absolute atomic E-state index is 0. The molecule has 0 aromatic carbocycles. The van der Waals surface area contributed by atoms with E-state index in [-0.39, 0.29) is 40.6 Å². The number of rotatable bonds is 3. The molecule has 0 aliphatic carbocycles. The first-order chi connectivity index (χ1) is 4.31. The van der Waals surface area contributed by atoms with E-state index in [1.54, 1.807) is 0 Å². The van der Waals surface area contributed by atoms with Crippen LogP contribution in [-0.4, -0.2) is 57.0 Å². The third-order valence-electron chi connectivity index (χ3n) is 0.498. The summed E-state index contributed by atoms with van der Waals surface area (Å²) in [6.07, 6.45) is -0.983. The molecule has 5 N–H and O–H groups in total. The van der Waals surface area contributed by atoms with Gasteiger partial charge in [-0.05, 0) is 0 Å². The van der Waals surface area contributed by atoms with E-state index in [1.807, 2.05) is 0 Å². The minimum Gasteiger partial charge on any atom is -1.00 e. The van der Waals surface area contributed by atoms with Crippen LogP contribution in [0.15, 0.2) is 0 Å². The molecular weight excluding hydrogens is 166 g/mol. The quantitative estimate of drug-likeness (QED) is 0.270. The molecule has 0 heterocycles. The topological polar surface area (TPSA) is 99.6 Å². The fraction of sp³-hybridized carbons (Fsp3) is 0.667. The molecule has 0 aliphatic rings. The zero-order valence-electron chi connectivity index (χ0n) is 7.50. The second-order valence-corrected chi connectivity index (χ2v) is 1.15. The van der Waals surface area contributed by atoms with Gasteiger partial charge >= 0.3 is 43.9 Å².